The minimum absolute atomic E-state index is 0. The molecule has 0 bridgehead atoms. The summed E-state index contributed by atoms with van der Waals surface area (Å²) in [4.78, 5) is 6.72. The molecule has 2 aromatic rings. The lowest BCUT2D eigenvalue weighted by Gasteiger charge is -2.35. The van der Waals surface area contributed by atoms with Crippen LogP contribution in [-0.2, 0) is 11.8 Å². The maximum Gasteiger partial charge on any atom is 0.193 e. The molecule has 1 fully saturated rings. The summed E-state index contributed by atoms with van der Waals surface area (Å²) in [5.74, 6) is 2.12. The van der Waals surface area contributed by atoms with Gasteiger partial charge in [0.25, 0.3) is 0 Å². The van der Waals surface area contributed by atoms with Crippen molar-refractivity contribution in [3.63, 3.8) is 0 Å². The molecule has 0 saturated carbocycles. The zero-order valence-corrected chi connectivity index (χ0v) is 19.3. The number of halogens is 1. The van der Waals surface area contributed by atoms with Gasteiger partial charge in [0, 0.05) is 44.9 Å². The minimum Gasteiger partial charge on any atom is -0.496 e. The van der Waals surface area contributed by atoms with E-state index in [1.807, 2.05) is 44.7 Å². The van der Waals surface area contributed by atoms with E-state index in [9.17, 15) is 0 Å². The van der Waals surface area contributed by atoms with E-state index in [1.54, 1.807) is 11.8 Å². The topological polar surface area (TPSA) is 63.9 Å². The second-order valence-electron chi connectivity index (χ2n) is 6.82. The number of aryl methyl sites for hydroxylation is 1. The number of nitrogens with zero attached hydrogens (tertiary/aromatic N) is 4. The molecule has 1 aliphatic heterocycles. The number of ether oxygens (including phenoxy) is 2. The first-order valence-electron chi connectivity index (χ1n) is 9.31. The van der Waals surface area contributed by atoms with Crippen molar-refractivity contribution in [2.24, 2.45) is 12.0 Å². The molecule has 3 rings (SSSR count). The van der Waals surface area contributed by atoms with Crippen molar-refractivity contribution < 1.29 is 9.47 Å². The van der Waals surface area contributed by atoms with Crippen molar-refractivity contribution in [3.05, 3.63) is 47.8 Å². The van der Waals surface area contributed by atoms with Gasteiger partial charge in [-0.3, -0.25) is 9.67 Å². The smallest absolute Gasteiger partial charge is 0.193 e. The van der Waals surface area contributed by atoms with Gasteiger partial charge in [-0.15, -0.1) is 24.0 Å². The fourth-order valence-electron chi connectivity index (χ4n) is 3.41. The quantitative estimate of drug-likeness (QED) is 0.390. The zero-order chi connectivity index (χ0) is 19.2. The Labute approximate surface area is 184 Å². The second kappa shape index (κ2) is 10.7. The first-order chi connectivity index (χ1) is 13.1. The Balaban J connectivity index is 0.00000280. The molecular weight excluding hydrogens is 469 g/mol. The summed E-state index contributed by atoms with van der Waals surface area (Å²) < 4.78 is 13.2. The van der Waals surface area contributed by atoms with Gasteiger partial charge in [-0.1, -0.05) is 25.1 Å². The summed E-state index contributed by atoms with van der Waals surface area (Å²) >= 11 is 0. The molecule has 2 heterocycles. The predicted octanol–water partition coefficient (Wildman–Crippen LogP) is 2.80. The average Bonchev–Trinajstić information content (AvgIpc) is 3.15. The molecule has 2 atom stereocenters. The van der Waals surface area contributed by atoms with Crippen LogP contribution in [0.15, 0.2) is 41.7 Å². The van der Waals surface area contributed by atoms with Crippen molar-refractivity contribution in [1.29, 1.82) is 0 Å². The Morgan fingerprint density at radius 1 is 1.43 bits per heavy atom. The van der Waals surface area contributed by atoms with Crippen molar-refractivity contribution in [2.45, 2.75) is 18.9 Å². The molecule has 8 heteroatoms. The number of para-hydroxylation sites is 1. The Kier molecular flexibility index (Phi) is 8.56. The summed E-state index contributed by atoms with van der Waals surface area (Å²) in [5.41, 5.74) is 2.29. The Hall–Kier alpha value is -1.81. The van der Waals surface area contributed by atoms with Crippen LogP contribution >= 0.6 is 24.0 Å². The monoisotopic (exact) mass is 499 g/mol. The molecule has 1 aromatic carbocycles. The number of rotatable bonds is 5. The van der Waals surface area contributed by atoms with E-state index in [2.05, 4.69) is 33.3 Å². The molecule has 154 valence electrons. The van der Waals surface area contributed by atoms with Gasteiger partial charge in [0.15, 0.2) is 5.96 Å². The van der Waals surface area contributed by atoms with E-state index < -0.39 is 0 Å². The number of guanidine groups is 1. The molecule has 1 aromatic heterocycles. The molecule has 0 aliphatic carbocycles. The summed E-state index contributed by atoms with van der Waals surface area (Å²) in [6.45, 7) is 5.22. The fourth-order valence-corrected chi connectivity index (χ4v) is 3.41. The number of nitrogens with one attached hydrogen (secondary N) is 1. The van der Waals surface area contributed by atoms with Crippen molar-refractivity contribution >= 4 is 29.9 Å². The molecule has 0 amide bonds. The lowest BCUT2D eigenvalue weighted by Crippen LogP contribution is -2.48. The summed E-state index contributed by atoms with van der Waals surface area (Å²) in [6.07, 6.45) is 3.89. The molecule has 7 nitrogen and oxygen atoms in total. The van der Waals surface area contributed by atoms with Crippen LogP contribution in [0.5, 0.6) is 5.75 Å². The summed E-state index contributed by atoms with van der Waals surface area (Å²) in [7, 11) is 5.46. The molecule has 2 unspecified atom stereocenters. The first kappa shape index (κ1) is 22.5. The van der Waals surface area contributed by atoms with Crippen molar-refractivity contribution in [2.75, 3.05) is 40.4 Å². The van der Waals surface area contributed by atoms with Crippen LogP contribution in [0.2, 0.25) is 0 Å². The average molecular weight is 499 g/mol. The molecule has 1 saturated heterocycles. The number of methoxy groups -OCH3 is 1. The highest BCUT2D eigenvalue weighted by molar-refractivity contribution is 14.0. The van der Waals surface area contributed by atoms with E-state index in [0.717, 1.165) is 36.9 Å². The van der Waals surface area contributed by atoms with Crippen LogP contribution in [-0.4, -0.2) is 61.0 Å². The number of hydrogen-bond acceptors (Lipinski definition) is 4. The van der Waals surface area contributed by atoms with Crippen LogP contribution in [0.25, 0.3) is 0 Å². The number of hydrogen-bond donors (Lipinski definition) is 1. The highest BCUT2D eigenvalue weighted by Gasteiger charge is 2.25. The van der Waals surface area contributed by atoms with E-state index in [-0.39, 0.29) is 30.1 Å². The molecule has 1 N–H and O–H groups in total. The van der Waals surface area contributed by atoms with Crippen molar-refractivity contribution in [3.8, 4) is 5.75 Å². The summed E-state index contributed by atoms with van der Waals surface area (Å²) in [5, 5.41) is 7.76. The van der Waals surface area contributed by atoms with Crippen molar-refractivity contribution in [1.82, 2.24) is 20.0 Å². The number of morpholine rings is 1. The van der Waals surface area contributed by atoms with Gasteiger partial charge in [0.1, 0.15) is 11.9 Å². The highest BCUT2D eigenvalue weighted by atomic mass is 127. The van der Waals surface area contributed by atoms with E-state index in [1.165, 1.54) is 5.56 Å². The minimum atomic E-state index is 0. The normalized spacial score (nSPS) is 18.4. The SMILES string of the molecule is CN=C(NCC(C)c1ccccc1OC)N1CCOC(c2cnn(C)c2)C1.I. The molecule has 28 heavy (non-hydrogen) atoms. The largest absolute Gasteiger partial charge is 0.496 e. The molecule has 1 aliphatic rings. The number of benzene rings is 1. The van der Waals surface area contributed by atoms with Crippen LogP contribution < -0.4 is 10.1 Å². The highest BCUT2D eigenvalue weighted by Crippen LogP contribution is 2.26. The van der Waals surface area contributed by atoms with Gasteiger partial charge < -0.3 is 19.7 Å². The van der Waals surface area contributed by atoms with Gasteiger partial charge >= 0.3 is 0 Å². The van der Waals surface area contributed by atoms with Gasteiger partial charge in [-0.05, 0) is 11.6 Å². The molecule has 0 radical (unpaired) electrons. The van der Waals surface area contributed by atoms with Gasteiger partial charge in [0.05, 0.1) is 26.5 Å². The third-order valence-corrected chi connectivity index (χ3v) is 4.91. The zero-order valence-electron chi connectivity index (χ0n) is 17.0. The Morgan fingerprint density at radius 3 is 2.89 bits per heavy atom. The third kappa shape index (κ3) is 5.38. The Bertz CT molecular complexity index is 779. The second-order valence-corrected chi connectivity index (χ2v) is 6.82. The molecular formula is C20H30IN5O2. The van der Waals surface area contributed by atoms with Gasteiger partial charge in [0.2, 0.25) is 0 Å². The van der Waals surface area contributed by atoms with E-state index in [4.69, 9.17) is 9.47 Å². The lowest BCUT2D eigenvalue weighted by atomic mass is 10.0. The Morgan fingerprint density at radius 2 is 2.21 bits per heavy atom. The maximum atomic E-state index is 5.93. The molecule has 0 spiro atoms. The predicted molar refractivity (Wildman–Crippen MR) is 122 cm³/mol. The first-order valence-corrected chi connectivity index (χ1v) is 9.31. The van der Waals surface area contributed by atoms with Gasteiger partial charge in [-0.2, -0.15) is 5.10 Å². The van der Waals surface area contributed by atoms with Crippen LogP contribution in [0, 0.1) is 0 Å². The lowest BCUT2D eigenvalue weighted by molar-refractivity contribution is -0.00803. The standard InChI is InChI=1S/C20H29N5O2.HI/c1-15(17-7-5-6-8-18(17)26-4)11-22-20(21-2)25-9-10-27-19(14-25)16-12-23-24(3)13-16;/h5-8,12-13,15,19H,9-11,14H2,1-4H3,(H,21,22);1H. The number of aromatic nitrogens is 2. The van der Waals surface area contributed by atoms with Gasteiger partial charge in [-0.25, -0.2) is 0 Å². The van der Waals surface area contributed by atoms with Crippen LogP contribution in [0.3, 0.4) is 0 Å². The maximum absolute atomic E-state index is 5.93. The van der Waals surface area contributed by atoms with E-state index >= 15 is 0 Å². The van der Waals surface area contributed by atoms with Crippen LogP contribution in [0.4, 0.5) is 0 Å². The number of aliphatic imine (C=N–C) groups is 1. The third-order valence-electron chi connectivity index (χ3n) is 4.91. The van der Waals surface area contributed by atoms with E-state index in [0.29, 0.717) is 12.5 Å². The fraction of sp³-hybridized carbons (Fsp3) is 0.500. The summed E-state index contributed by atoms with van der Waals surface area (Å²) in [6, 6.07) is 8.15. The van der Waals surface area contributed by atoms with Crippen LogP contribution in [0.1, 0.15) is 30.1 Å².